The summed E-state index contributed by atoms with van der Waals surface area (Å²) in [5.74, 6) is -0.871. The van der Waals surface area contributed by atoms with Gasteiger partial charge in [-0.3, -0.25) is 4.79 Å². The summed E-state index contributed by atoms with van der Waals surface area (Å²) in [6.07, 6.45) is 2.24. The first-order chi connectivity index (χ1) is 18.3. The molecule has 12 heteroatoms. The van der Waals surface area contributed by atoms with E-state index in [4.69, 9.17) is 52.5 Å². The van der Waals surface area contributed by atoms with Gasteiger partial charge in [0, 0.05) is 6.61 Å². The number of hydrogen-bond acceptors (Lipinski definition) is 11. The third kappa shape index (κ3) is 35.1. The molecule has 0 spiro atoms. The highest BCUT2D eigenvalue weighted by Gasteiger charge is 1.97. The molecule has 0 aromatic carbocycles. The molecule has 0 heterocycles. The molecule has 0 saturated carbocycles. The van der Waals surface area contributed by atoms with Gasteiger partial charge in [-0.1, -0.05) is 13.3 Å². The second kappa shape index (κ2) is 33.1. The van der Waals surface area contributed by atoms with Crippen LogP contribution in [0.2, 0.25) is 0 Å². The molecule has 0 radical (unpaired) electrons. The Balaban J connectivity index is 3.02. The number of carboxylic acids is 1. The molecule has 0 aliphatic carbocycles. The Kier molecular flexibility index (Phi) is 32.3. The summed E-state index contributed by atoms with van der Waals surface area (Å²) in [6, 6.07) is 0. The van der Waals surface area contributed by atoms with Crippen LogP contribution in [-0.2, 0) is 52.2 Å². The van der Waals surface area contributed by atoms with E-state index in [2.05, 4.69) is 6.92 Å². The van der Waals surface area contributed by atoms with E-state index in [0.717, 1.165) is 19.4 Å². The van der Waals surface area contributed by atoms with E-state index < -0.39 is 5.97 Å². The lowest BCUT2D eigenvalue weighted by Gasteiger charge is -2.09. The number of rotatable bonds is 33. The molecular weight excluding hydrogens is 492 g/mol. The summed E-state index contributed by atoms with van der Waals surface area (Å²) in [5.41, 5.74) is 0. The fourth-order valence-electron chi connectivity index (χ4n) is 2.49. The lowest BCUT2D eigenvalue weighted by Crippen LogP contribution is -2.15. The molecule has 0 fully saturated rings. The molecule has 1 N–H and O–H groups in total. The van der Waals surface area contributed by atoms with Crippen LogP contribution >= 0.6 is 0 Å². The predicted molar refractivity (Wildman–Crippen MR) is 135 cm³/mol. The van der Waals surface area contributed by atoms with Crippen LogP contribution in [0, 0.1) is 0 Å². The van der Waals surface area contributed by atoms with Crippen LogP contribution in [0.5, 0.6) is 0 Å². The first-order valence-corrected chi connectivity index (χ1v) is 13.3. The zero-order chi connectivity index (χ0) is 26.9. The van der Waals surface area contributed by atoms with Gasteiger partial charge < -0.3 is 52.5 Å². The van der Waals surface area contributed by atoms with Gasteiger partial charge in [0.2, 0.25) is 0 Å². The molecule has 0 aliphatic heterocycles. The molecule has 222 valence electrons. The minimum absolute atomic E-state index is 0.00240. The van der Waals surface area contributed by atoms with Crippen molar-refractivity contribution in [3.05, 3.63) is 0 Å². The highest BCUT2D eigenvalue weighted by molar-refractivity contribution is 5.66. The number of aliphatic carboxylic acids is 1. The largest absolute Gasteiger partial charge is 0.481 e. The zero-order valence-corrected chi connectivity index (χ0v) is 22.7. The van der Waals surface area contributed by atoms with Crippen molar-refractivity contribution in [2.75, 3.05) is 132 Å². The lowest BCUT2D eigenvalue weighted by molar-refractivity contribution is -0.138. The maximum atomic E-state index is 10.3. The molecule has 0 amide bonds. The van der Waals surface area contributed by atoms with E-state index in [1.165, 1.54) is 0 Å². The highest BCUT2D eigenvalue weighted by atomic mass is 16.6. The second-order valence-corrected chi connectivity index (χ2v) is 7.62. The molecule has 0 atom stereocenters. The Bertz CT molecular complexity index is 442. The predicted octanol–water partition coefficient (Wildman–Crippen LogP) is 1.43. The highest BCUT2D eigenvalue weighted by Crippen LogP contribution is 1.89. The van der Waals surface area contributed by atoms with Crippen molar-refractivity contribution in [2.45, 2.75) is 26.2 Å². The Labute approximate surface area is 222 Å². The molecule has 0 aromatic heterocycles. The van der Waals surface area contributed by atoms with Crippen LogP contribution in [0.4, 0.5) is 0 Å². The minimum atomic E-state index is -0.871. The number of carbonyl (C=O) groups is 1. The van der Waals surface area contributed by atoms with E-state index in [1.807, 2.05) is 0 Å². The van der Waals surface area contributed by atoms with Gasteiger partial charge in [-0.25, -0.2) is 0 Å². The Morgan fingerprint density at radius 1 is 0.405 bits per heavy atom. The quantitative estimate of drug-likeness (QED) is 0.120. The lowest BCUT2D eigenvalue weighted by atomic mass is 10.4. The zero-order valence-electron chi connectivity index (χ0n) is 22.7. The summed E-state index contributed by atoms with van der Waals surface area (Å²) in [7, 11) is 0. The van der Waals surface area contributed by atoms with Crippen molar-refractivity contribution in [2.24, 2.45) is 0 Å². The van der Waals surface area contributed by atoms with E-state index in [1.54, 1.807) is 0 Å². The standard InChI is InChI=1S/C25H50O12/c1-2-3-5-28-7-9-30-11-13-32-15-17-34-19-21-36-23-24-37-22-20-35-18-16-33-14-12-31-10-8-29-6-4-25(26)27/h2-24H2,1H3,(H,26,27). The Morgan fingerprint density at radius 2 is 0.622 bits per heavy atom. The van der Waals surface area contributed by atoms with E-state index in [-0.39, 0.29) is 13.0 Å². The molecule has 0 unspecified atom stereocenters. The molecule has 37 heavy (non-hydrogen) atoms. The van der Waals surface area contributed by atoms with Crippen LogP contribution in [0.3, 0.4) is 0 Å². The normalized spacial score (nSPS) is 11.4. The fourth-order valence-corrected chi connectivity index (χ4v) is 2.49. The van der Waals surface area contributed by atoms with Gasteiger partial charge >= 0.3 is 5.97 Å². The summed E-state index contributed by atoms with van der Waals surface area (Å²) in [5, 5.41) is 8.46. The van der Waals surface area contributed by atoms with Gasteiger partial charge in [0.05, 0.1) is 132 Å². The van der Waals surface area contributed by atoms with Gasteiger partial charge in [0.15, 0.2) is 0 Å². The van der Waals surface area contributed by atoms with Crippen molar-refractivity contribution in [3.63, 3.8) is 0 Å². The number of ether oxygens (including phenoxy) is 10. The van der Waals surface area contributed by atoms with Crippen LogP contribution < -0.4 is 0 Å². The average Bonchev–Trinajstić information content (AvgIpc) is 2.89. The van der Waals surface area contributed by atoms with E-state index >= 15 is 0 Å². The van der Waals surface area contributed by atoms with Gasteiger partial charge in [-0.2, -0.15) is 0 Å². The van der Waals surface area contributed by atoms with Crippen molar-refractivity contribution in [1.29, 1.82) is 0 Å². The molecule has 12 nitrogen and oxygen atoms in total. The Morgan fingerprint density at radius 3 is 0.838 bits per heavy atom. The molecule has 0 bridgehead atoms. The van der Waals surface area contributed by atoms with Crippen molar-refractivity contribution in [1.82, 2.24) is 0 Å². The fraction of sp³-hybridized carbons (Fsp3) is 0.960. The number of hydrogen-bond donors (Lipinski definition) is 1. The van der Waals surface area contributed by atoms with Crippen LogP contribution in [-0.4, -0.2) is 143 Å². The number of unbranched alkanes of at least 4 members (excludes halogenated alkanes) is 1. The van der Waals surface area contributed by atoms with Crippen molar-refractivity contribution < 1.29 is 57.3 Å². The SMILES string of the molecule is CCCCOCCOCCOCCOCCOCCOCCOCCOCCOCCOCCC(=O)O. The third-order valence-electron chi connectivity index (χ3n) is 4.45. The summed E-state index contributed by atoms with van der Waals surface area (Å²) < 4.78 is 53.8. The maximum absolute atomic E-state index is 10.3. The third-order valence-corrected chi connectivity index (χ3v) is 4.45. The van der Waals surface area contributed by atoms with Crippen LogP contribution in [0.1, 0.15) is 26.2 Å². The van der Waals surface area contributed by atoms with Gasteiger partial charge in [-0.05, 0) is 6.42 Å². The first-order valence-electron chi connectivity index (χ1n) is 13.3. The number of carboxylic acid groups (broad SMARTS) is 1. The first kappa shape index (κ1) is 36.1. The Hall–Kier alpha value is -0.930. The summed E-state index contributed by atoms with van der Waals surface area (Å²) in [4.78, 5) is 10.3. The molecule has 0 aliphatic rings. The molecular formula is C25H50O12. The minimum Gasteiger partial charge on any atom is -0.481 e. The topological polar surface area (TPSA) is 130 Å². The van der Waals surface area contributed by atoms with E-state index in [0.29, 0.717) is 119 Å². The second-order valence-electron chi connectivity index (χ2n) is 7.62. The van der Waals surface area contributed by atoms with Crippen molar-refractivity contribution >= 4 is 5.97 Å². The summed E-state index contributed by atoms with van der Waals surface area (Å²) in [6.45, 7) is 12.2. The molecule has 0 rings (SSSR count). The van der Waals surface area contributed by atoms with Gasteiger partial charge in [0.1, 0.15) is 0 Å². The van der Waals surface area contributed by atoms with Gasteiger partial charge in [-0.15, -0.1) is 0 Å². The van der Waals surface area contributed by atoms with E-state index in [9.17, 15) is 4.79 Å². The summed E-state index contributed by atoms with van der Waals surface area (Å²) >= 11 is 0. The van der Waals surface area contributed by atoms with Crippen LogP contribution in [0.15, 0.2) is 0 Å². The smallest absolute Gasteiger partial charge is 0.305 e. The monoisotopic (exact) mass is 542 g/mol. The van der Waals surface area contributed by atoms with Gasteiger partial charge in [0.25, 0.3) is 0 Å². The molecule has 0 aromatic rings. The average molecular weight is 543 g/mol. The van der Waals surface area contributed by atoms with Crippen LogP contribution in [0.25, 0.3) is 0 Å². The van der Waals surface area contributed by atoms with Crippen molar-refractivity contribution in [3.8, 4) is 0 Å². The molecule has 0 saturated heterocycles. The maximum Gasteiger partial charge on any atom is 0.305 e.